The molecule has 0 saturated heterocycles. The van der Waals surface area contributed by atoms with Gasteiger partial charge < -0.3 is 15.4 Å². The van der Waals surface area contributed by atoms with Crippen molar-refractivity contribution < 1.29 is 14.7 Å². The summed E-state index contributed by atoms with van der Waals surface area (Å²) in [6.07, 6.45) is 5.99. The number of carbonyl (C=O) groups excluding carboxylic acids is 1. The molecule has 1 atom stereocenters. The Bertz CT molecular complexity index is 648. The van der Waals surface area contributed by atoms with Crippen molar-refractivity contribution in [3.8, 4) is 0 Å². The van der Waals surface area contributed by atoms with E-state index in [1.165, 1.54) is 0 Å². The van der Waals surface area contributed by atoms with Crippen molar-refractivity contribution in [1.29, 1.82) is 0 Å². The minimum atomic E-state index is -1.12. The third-order valence-corrected chi connectivity index (χ3v) is 3.85. The van der Waals surface area contributed by atoms with Crippen molar-refractivity contribution in [2.24, 2.45) is 0 Å². The largest absolute Gasteiger partial charge is 0.480 e. The summed E-state index contributed by atoms with van der Waals surface area (Å²) in [5.74, 6) is -1.77. The molecule has 1 amide bonds. The average molecular weight is 304 g/mol. The first kappa shape index (κ1) is 16.0. The van der Waals surface area contributed by atoms with Gasteiger partial charge in [-0.1, -0.05) is 6.08 Å². The minimum Gasteiger partial charge on any atom is -0.480 e. The fourth-order valence-corrected chi connectivity index (χ4v) is 2.62. The van der Waals surface area contributed by atoms with E-state index in [2.05, 4.69) is 16.9 Å². The summed E-state index contributed by atoms with van der Waals surface area (Å²) in [6, 6.07) is 0.565. The van der Waals surface area contributed by atoms with Crippen LogP contribution in [0.15, 0.2) is 23.5 Å². The Kier molecular flexibility index (Phi) is 5.14. The van der Waals surface area contributed by atoms with Crippen LogP contribution >= 0.6 is 0 Å². The van der Waals surface area contributed by atoms with E-state index < -0.39 is 23.5 Å². The van der Waals surface area contributed by atoms with E-state index >= 15 is 0 Å². The molecule has 0 aliphatic heterocycles. The number of nitrogens with one attached hydrogen (secondary N) is 2. The highest BCUT2D eigenvalue weighted by molar-refractivity contribution is 5.96. The van der Waals surface area contributed by atoms with Gasteiger partial charge in [0.2, 0.25) is 0 Å². The number of aromatic amines is 1. The van der Waals surface area contributed by atoms with Crippen molar-refractivity contribution in [2.75, 3.05) is 0 Å². The van der Waals surface area contributed by atoms with E-state index in [-0.39, 0.29) is 12.0 Å². The number of allylic oxidation sites excluding steroid dienone is 1. The number of hydrogen-bond donors (Lipinski definition) is 3. The SMILES string of the molecule is C=CCCC(NC(=O)c1cc2c([nH]c1=O)CCCC2)C(=O)O. The van der Waals surface area contributed by atoms with Crippen LogP contribution in [-0.4, -0.2) is 28.0 Å². The normalized spacial score (nSPS) is 14.7. The third-order valence-electron chi connectivity index (χ3n) is 3.85. The van der Waals surface area contributed by atoms with Gasteiger partial charge in [-0.15, -0.1) is 6.58 Å². The quantitative estimate of drug-likeness (QED) is 0.692. The highest BCUT2D eigenvalue weighted by Crippen LogP contribution is 2.18. The van der Waals surface area contributed by atoms with Gasteiger partial charge in [0.05, 0.1) is 0 Å². The van der Waals surface area contributed by atoms with Gasteiger partial charge in [0, 0.05) is 5.69 Å². The van der Waals surface area contributed by atoms with Crippen LogP contribution in [0, 0.1) is 0 Å². The lowest BCUT2D eigenvalue weighted by atomic mass is 9.95. The number of aromatic nitrogens is 1. The van der Waals surface area contributed by atoms with Gasteiger partial charge >= 0.3 is 5.97 Å². The monoisotopic (exact) mass is 304 g/mol. The lowest BCUT2D eigenvalue weighted by Crippen LogP contribution is -2.42. The van der Waals surface area contributed by atoms with Crippen LogP contribution in [0.5, 0.6) is 0 Å². The van der Waals surface area contributed by atoms with E-state index in [4.69, 9.17) is 5.11 Å². The van der Waals surface area contributed by atoms with E-state index in [0.717, 1.165) is 36.9 Å². The molecule has 1 heterocycles. The van der Waals surface area contributed by atoms with Crippen LogP contribution in [0.4, 0.5) is 0 Å². The van der Waals surface area contributed by atoms with Crippen LogP contribution < -0.4 is 10.9 Å². The maximum absolute atomic E-state index is 12.2. The summed E-state index contributed by atoms with van der Waals surface area (Å²) in [6.45, 7) is 3.53. The van der Waals surface area contributed by atoms with E-state index in [1.807, 2.05) is 0 Å². The molecule has 22 heavy (non-hydrogen) atoms. The Morgan fingerprint density at radius 1 is 1.41 bits per heavy atom. The zero-order valence-electron chi connectivity index (χ0n) is 12.4. The van der Waals surface area contributed by atoms with E-state index in [9.17, 15) is 14.4 Å². The molecular formula is C16H20N2O4. The lowest BCUT2D eigenvalue weighted by Gasteiger charge is -2.17. The number of rotatable bonds is 6. The molecular weight excluding hydrogens is 284 g/mol. The summed E-state index contributed by atoms with van der Waals surface area (Å²) in [7, 11) is 0. The number of hydrogen-bond acceptors (Lipinski definition) is 3. The molecule has 1 aliphatic rings. The second-order valence-electron chi connectivity index (χ2n) is 5.45. The first-order valence-corrected chi connectivity index (χ1v) is 7.42. The molecule has 1 aromatic rings. The number of H-pyrrole nitrogens is 1. The van der Waals surface area contributed by atoms with Gasteiger partial charge in [0.25, 0.3) is 11.5 Å². The number of carboxylic acids is 1. The van der Waals surface area contributed by atoms with Crippen molar-refractivity contribution in [2.45, 2.75) is 44.6 Å². The number of carboxylic acid groups (broad SMARTS) is 1. The predicted molar refractivity (Wildman–Crippen MR) is 82.0 cm³/mol. The smallest absolute Gasteiger partial charge is 0.326 e. The van der Waals surface area contributed by atoms with Crippen LogP contribution in [0.2, 0.25) is 0 Å². The molecule has 6 nitrogen and oxygen atoms in total. The topological polar surface area (TPSA) is 99.3 Å². The molecule has 1 unspecified atom stereocenters. The Balaban J connectivity index is 2.19. The maximum Gasteiger partial charge on any atom is 0.326 e. The molecule has 2 rings (SSSR count). The summed E-state index contributed by atoms with van der Waals surface area (Å²) >= 11 is 0. The van der Waals surface area contributed by atoms with Crippen LogP contribution in [0.3, 0.4) is 0 Å². The van der Waals surface area contributed by atoms with Crippen molar-refractivity contribution in [1.82, 2.24) is 10.3 Å². The number of pyridine rings is 1. The van der Waals surface area contributed by atoms with Gasteiger partial charge in [-0.3, -0.25) is 9.59 Å². The zero-order chi connectivity index (χ0) is 16.1. The Labute approximate surface area is 128 Å². The maximum atomic E-state index is 12.2. The first-order chi connectivity index (χ1) is 10.5. The number of amides is 1. The second kappa shape index (κ2) is 7.06. The predicted octanol–water partition coefficient (Wildman–Crippen LogP) is 1.40. The van der Waals surface area contributed by atoms with Crippen molar-refractivity contribution in [3.05, 3.63) is 45.9 Å². The summed E-state index contributed by atoms with van der Waals surface area (Å²) in [4.78, 5) is 38.1. The van der Waals surface area contributed by atoms with Crippen LogP contribution in [0.25, 0.3) is 0 Å². The highest BCUT2D eigenvalue weighted by Gasteiger charge is 2.23. The average Bonchev–Trinajstić information content (AvgIpc) is 2.50. The highest BCUT2D eigenvalue weighted by atomic mass is 16.4. The van der Waals surface area contributed by atoms with Crippen LogP contribution in [0.1, 0.15) is 47.3 Å². The fraction of sp³-hybridized carbons (Fsp3) is 0.438. The summed E-state index contributed by atoms with van der Waals surface area (Å²) in [5.41, 5.74) is 1.36. The number of aryl methyl sites for hydroxylation is 2. The molecule has 1 aromatic heterocycles. The van der Waals surface area contributed by atoms with Gasteiger partial charge in [-0.2, -0.15) is 0 Å². The number of carbonyl (C=O) groups is 2. The molecule has 0 bridgehead atoms. The molecule has 0 saturated carbocycles. The molecule has 118 valence electrons. The molecule has 1 aliphatic carbocycles. The van der Waals surface area contributed by atoms with E-state index in [1.54, 1.807) is 12.1 Å². The molecule has 0 spiro atoms. The van der Waals surface area contributed by atoms with Crippen molar-refractivity contribution >= 4 is 11.9 Å². The van der Waals surface area contributed by atoms with Gasteiger partial charge in [0.1, 0.15) is 11.6 Å². The molecule has 0 radical (unpaired) electrons. The number of aliphatic carboxylic acids is 1. The number of fused-ring (bicyclic) bond motifs is 1. The molecule has 6 heteroatoms. The Hall–Kier alpha value is -2.37. The second-order valence-corrected chi connectivity index (χ2v) is 5.45. The van der Waals surface area contributed by atoms with Crippen LogP contribution in [-0.2, 0) is 17.6 Å². The Morgan fingerprint density at radius 3 is 2.82 bits per heavy atom. The summed E-state index contributed by atoms with van der Waals surface area (Å²) < 4.78 is 0. The fourth-order valence-electron chi connectivity index (χ4n) is 2.62. The van der Waals surface area contributed by atoms with E-state index in [0.29, 0.717) is 6.42 Å². The third kappa shape index (κ3) is 3.63. The molecule has 3 N–H and O–H groups in total. The molecule has 0 fully saturated rings. The first-order valence-electron chi connectivity index (χ1n) is 7.42. The zero-order valence-corrected chi connectivity index (χ0v) is 12.4. The van der Waals surface area contributed by atoms with Crippen molar-refractivity contribution in [3.63, 3.8) is 0 Å². The molecule has 0 aromatic carbocycles. The lowest BCUT2D eigenvalue weighted by molar-refractivity contribution is -0.139. The Morgan fingerprint density at radius 2 is 2.14 bits per heavy atom. The summed E-state index contributed by atoms with van der Waals surface area (Å²) in [5, 5.41) is 11.5. The van der Waals surface area contributed by atoms with Gasteiger partial charge in [-0.25, -0.2) is 4.79 Å². The van der Waals surface area contributed by atoms with Gasteiger partial charge in [0.15, 0.2) is 0 Å². The van der Waals surface area contributed by atoms with Gasteiger partial charge in [-0.05, 0) is 50.2 Å². The standard InChI is InChI=1S/C16H20N2O4/c1-2-3-7-13(16(21)22)18-15(20)11-9-10-6-4-5-8-12(10)17-14(11)19/h2,9,13H,1,3-8H2,(H,17,19)(H,18,20)(H,21,22). The minimum absolute atomic E-state index is 0.0227.